The van der Waals surface area contributed by atoms with Gasteiger partial charge < -0.3 is 21.1 Å². The number of piperidine rings is 1. The molecule has 5 N–H and O–H groups in total. The summed E-state index contributed by atoms with van der Waals surface area (Å²) in [6.45, 7) is 4.41. The fraction of sp³-hybridized carbons (Fsp3) is 0.341. The molecule has 7 rings (SSSR count). The minimum absolute atomic E-state index is 0.0678. The second-order valence-electron chi connectivity index (χ2n) is 13.9. The highest BCUT2D eigenvalue weighted by molar-refractivity contribution is 6.49. The molecule has 2 unspecified atom stereocenters. The van der Waals surface area contributed by atoms with Crippen molar-refractivity contribution in [1.29, 1.82) is 5.41 Å². The van der Waals surface area contributed by atoms with Crippen LogP contribution in [-0.4, -0.2) is 35.8 Å². The van der Waals surface area contributed by atoms with E-state index in [4.69, 9.17) is 5.41 Å². The van der Waals surface area contributed by atoms with Crippen LogP contribution < -0.4 is 16.0 Å². The lowest BCUT2D eigenvalue weighted by Gasteiger charge is -2.37. The number of fused-ring (bicyclic) bond motifs is 3. The highest BCUT2D eigenvalue weighted by Crippen LogP contribution is 2.48. The van der Waals surface area contributed by atoms with Crippen LogP contribution in [-0.2, 0) is 16.0 Å². The van der Waals surface area contributed by atoms with Crippen LogP contribution in [0, 0.1) is 16.7 Å². The van der Waals surface area contributed by atoms with Crippen LogP contribution in [0.5, 0.6) is 0 Å². The Kier molecular flexibility index (Phi) is 8.78. The van der Waals surface area contributed by atoms with Crippen molar-refractivity contribution < 1.29 is 14.7 Å². The zero-order chi connectivity index (χ0) is 33.3. The molecule has 1 fully saturated rings. The predicted octanol–water partition coefficient (Wildman–Crippen LogP) is 8.13. The van der Waals surface area contributed by atoms with Crippen LogP contribution in [0.1, 0.15) is 69.4 Å². The number of amides is 1. The molecular formula is C41H44N4O3. The number of nitrogens with one attached hydrogen (secondary N) is 4. The summed E-state index contributed by atoms with van der Waals surface area (Å²) in [4.78, 5) is 25.4. The van der Waals surface area contributed by atoms with E-state index in [0.717, 1.165) is 70.0 Å². The van der Waals surface area contributed by atoms with Gasteiger partial charge in [-0.3, -0.25) is 10.2 Å². The van der Waals surface area contributed by atoms with Gasteiger partial charge in [-0.15, -0.1) is 0 Å². The summed E-state index contributed by atoms with van der Waals surface area (Å²) in [5.74, 6) is -1.63. The van der Waals surface area contributed by atoms with Crippen LogP contribution in [0.15, 0.2) is 112 Å². The normalized spacial score (nSPS) is 24.4. The van der Waals surface area contributed by atoms with Gasteiger partial charge in [-0.05, 0) is 127 Å². The fourth-order valence-electron chi connectivity index (χ4n) is 7.99. The summed E-state index contributed by atoms with van der Waals surface area (Å²) >= 11 is 0. The Morgan fingerprint density at radius 3 is 2.60 bits per heavy atom. The molecule has 1 amide bonds. The Labute approximate surface area is 282 Å². The van der Waals surface area contributed by atoms with E-state index in [0.29, 0.717) is 23.6 Å². The summed E-state index contributed by atoms with van der Waals surface area (Å²) < 4.78 is 0. The van der Waals surface area contributed by atoms with Gasteiger partial charge in [0.25, 0.3) is 5.91 Å². The van der Waals surface area contributed by atoms with Gasteiger partial charge in [-0.25, -0.2) is 4.79 Å². The Hall–Kier alpha value is -4.91. The maximum atomic E-state index is 13.5. The number of carboxylic acid groups (broad SMARTS) is 1. The van der Waals surface area contributed by atoms with Crippen molar-refractivity contribution in [3.8, 4) is 0 Å². The first-order valence-electron chi connectivity index (χ1n) is 17.4. The molecule has 2 aromatic rings. The van der Waals surface area contributed by atoms with E-state index in [-0.39, 0.29) is 11.0 Å². The van der Waals surface area contributed by atoms with E-state index in [9.17, 15) is 14.7 Å². The molecule has 3 aliphatic carbocycles. The minimum atomic E-state index is -1.41. The summed E-state index contributed by atoms with van der Waals surface area (Å²) in [5.41, 5.74) is 10.5. The average Bonchev–Trinajstić information content (AvgIpc) is 3.10. The van der Waals surface area contributed by atoms with Crippen molar-refractivity contribution in [1.82, 2.24) is 5.32 Å². The minimum Gasteiger partial charge on any atom is -0.477 e. The second-order valence-corrected chi connectivity index (χ2v) is 13.9. The molecule has 0 saturated carbocycles. The number of anilines is 2. The van der Waals surface area contributed by atoms with E-state index in [1.165, 1.54) is 39.2 Å². The number of carbonyl (C=O) groups is 2. The Balaban J connectivity index is 1.29. The Morgan fingerprint density at radius 2 is 1.77 bits per heavy atom. The molecule has 2 aromatic carbocycles. The Bertz CT molecular complexity index is 1860. The van der Waals surface area contributed by atoms with Gasteiger partial charge in [0.05, 0.1) is 5.57 Å². The third-order valence-electron chi connectivity index (χ3n) is 10.6. The number of hydrogen-bond donors (Lipinski definition) is 5. The zero-order valence-corrected chi connectivity index (χ0v) is 27.6. The number of rotatable bonds is 7. The van der Waals surface area contributed by atoms with Crippen molar-refractivity contribution in [2.45, 2.75) is 64.7 Å². The molecule has 7 nitrogen and oxygen atoms in total. The number of carboxylic acids is 1. The SMILES string of the molecule is CC1(/C(=C\C2=CC3=C/C(=C(/C(=N)C(=O)O)C(=O)Nc4ccccc4)CCC3CC2)c2ccc3c(c2)CCCN3)C=C2CCCNC2=CC1. The van der Waals surface area contributed by atoms with Gasteiger partial charge in [-0.2, -0.15) is 0 Å². The predicted molar refractivity (Wildman–Crippen MR) is 193 cm³/mol. The van der Waals surface area contributed by atoms with Gasteiger partial charge in [0, 0.05) is 35.6 Å². The lowest BCUT2D eigenvalue weighted by atomic mass is 9.69. The van der Waals surface area contributed by atoms with E-state index in [1.54, 1.807) is 24.3 Å². The highest BCUT2D eigenvalue weighted by Gasteiger charge is 2.34. The highest BCUT2D eigenvalue weighted by atomic mass is 16.4. The number of para-hydroxylation sites is 1. The summed E-state index contributed by atoms with van der Waals surface area (Å²) in [7, 11) is 0. The molecule has 0 bridgehead atoms. The molecule has 1 saturated heterocycles. The van der Waals surface area contributed by atoms with Crippen molar-refractivity contribution in [2.24, 2.45) is 11.3 Å². The first-order valence-corrected chi connectivity index (χ1v) is 17.4. The van der Waals surface area contributed by atoms with Crippen LogP contribution in [0.4, 0.5) is 11.4 Å². The Morgan fingerprint density at radius 1 is 0.979 bits per heavy atom. The van der Waals surface area contributed by atoms with Gasteiger partial charge in [0.1, 0.15) is 0 Å². The molecule has 2 heterocycles. The first kappa shape index (κ1) is 31.7. The number of benzene rings is 2. The van der Waals surface area contributed by atoms with E-state index in [1.807, 2.05) is 12.1 Å². The average molecular weight is 641 g/mol. The van der Waals surface area contributed by atoms with Crippen LogP contribution >= 0.6 is 0 Å². The molecule has 7 heteroatoms. The largest absolute Gasteiger partial charge is 0.477 e. The molecule has 0 aromatic heterocycles. The fourth-order valence-corrected chi connectivity index (χ4v) is 7.99. The van der Waals surface area contributed by atoms with E-state index >= 15 is 0 Å². The monoisotopic (exact) mass is 640 g/mol. The van der Waals surface area contributed by atoms with E-state index < -0.39 is 17.6 Å². The number of aryl methyl sites for hydroxylation is 1. The number of hydrogen-bond acceptors (Lipinski definition) is 5. The molecule has 2 aliphatic heterocycles. The summed E-state index contributed by atoms with van der Waals surface area (Å²) in [6, 6.07) is 15.9. The molecule has 2 atom stereocenters. The van der Waals surface area contributed by atoms with Gasteiger partial charge in [-0.1, -0.05) is 61.6 Å². The van der Waals surface area contributed by atoms with E-state index in [2.05, 4.69) is 65.4 Å². The van der Waals surface area contributed by atoms with Crippen LogP contribution in [0.3, 0.4) is 0 Å². The topological polar surface area (TPSA) is 114 Å². The number of allylic oxidation sites excluding steroid dienone is 10. The molecule has 48 heavy (non-hydrogen) atoms. The third-order valence-corrected chi connectivity index (χ3v) is 10.6. The molecule has 0 spiro atoms. The summed E-state index contributed by atoms with van der Waals surface area (Å²) in [6.07, 6.45) is 20.2. The van der Waals surface area contributed by atoms with Crippen molar-refractivity contribution in [2.75, 3.05) is 23.7 Å². The maximum absolute atomic E-state index is 13.5. The quantitative estimate of drug-likeness (QED) is 0.155. The van der Waals surface area contributed by atoms with Gasteiger partial charge in [0.15, 0.2) is 5.71 Å². The lowest BCUT2D eigenvalue weighted by Crippen LogP contribution is -2.28. The van der Waals surface area contributed by atoms with Crippen LogP contribution in [0.25, 0.3) is 5.57 Å². The van der Waals surface area contributed by atoms with Crippen molar-refractivity contribution >= 4 is 34.5 Å². The smallest absolute Gasteiger partial charge is 0.354 e. The van der Waals surface area contributed by atoms with Gasteiger partial charge in [0.2, 0.25) is 0 Å². The molecule has 5 aliphatic rings. The van der Waals surface area contributed by atoms with Crippen LogP contribution in [0.2, 0.25) is 0 Å². The molecule has 0 radical (unpaired) electrons. The van der Waals surface area contributed by atoms with Crippen molar-refractivity contribution in [3.05, 3.63) is 124 Å². The molecular weight excluding hydrogens is 596 g/mol. The first-order chi connectivity index (χ1) is 23.3. The van der Waals surface area contributed by atoms with Crippen molar-refractivity contribution in [3.63, 3.8) is 0 Å². The standard InChI is InChI=1S/C41H44N4O3/c1-41(18-17-36-31(25-41)8-6-20-44-36)34(28-15-16-35-29(23-28)7-5-19-43-35)22-26-11-12-27-13-14-30(24-32(27)21-26)37(38(42)40(47)48)39(46)45-33-9-3-2-4-10-33/h2-4,9-10,15-17,21-25,27,42-44H,5-8,11-14,18-20H2,1H3,(H,45,46)(H,47,48)/b34-22-,37-30-,42-38?. The summed E-state index contributed by atoms with van der Waals surface area (Å²) in [5, 5.41) is 28.1. The third kappa shape index (κ3) is 6.46. The molecule has 246 valence electrons. The second kappa shape index (κ2) is 13.3. The number of aliphatic carboxylic acids is 1. The lowest BCUT2D eigenvalue weighted by molar-refractivity contribution is -0.129. The maximum Gasteiger partial charge on any atom is 0.354 e. The number of carbonyl (C=O) groups excluding carboxylic acids is 1. The zero-order valence-electron chi connectivity index (χ0n) is 27.6. The van der Waals surface area contributed by atoms with Gasteiger partial charge >= 0.3 is 5.97 Å².